The van der Waals surface area contributed by atoms with Crippen molar-refractivity contribution in [1.29, 1.82) is 0 Å². The minimum Gasteiger partial charge on any atom is -0.0902 e. The van der Waals surface area contributed by atoms with Crippen molar-refractivity contribution in [1.82, 2.24) is 0 Å². The van der Waals surface area contributed by atoms with Crippen LogP contribution in [0.1, 0.15) is 32.1 Å². The first-order valence-electron chi connectivity index (χ1n) is 4.47. The molecule has 70 valence electrons. The third-order valence-corrected chi connectivity index (χ3v) is 2.34. The molecule has 2 unspecified atom stereocenters. The maximum absolute atomic E-state index is 8.32. The largest absolute Gasteiger partial charge is 0.0902 e. The quantitative estimate of drug-likeness (QED) is 0.269. The molecule has 0 aromatic rings. The van der Waals surface area contributed by atoms with Gasteiger partial charge in [0.2, 0.25) is 0 Å². The third-order valence-electron chi connectivity index (χ3n) is 2.34. The van der Waals surface area contributed by atoms with Gasteiger partial charge in [0.05, 0.1) is 0 Å². The average Bonchev–Trinajstić information content (AvgIpc) is 2.33. The van der Waals surface area contributed by atoms with E-state index >= 15 is 0 Å². The highest BCUT2D eigenvalue weighted by atomic mass is 15.2. The molecule has 6 nitrogen and oxygen atoms in total. The number of nitrogens with zero attached hydrogens (tertiary/aromatic N) is 6. The van der Waals surface area contributed by atoms with Crippen molar-refractivity contribution in [3.63, 3.8) is 0 Å². The molecule has 1 fully saturated rings. The van der Waals surface area contributed by atoms with Crippen molar-refractivity contribution in [2.45, 2.75) is 44.2 Å². The van der Waals surface area contributed by atoms with Crippen LogP contribution in [0.2, 0.25) is 0 Å². The van der Waals surface area contributed by atoms with E-state index in [1.807, 2.05) is 0 Å². The van der Waals surface area contributed by atoms with Gasteiger partial charge in [-0.15, -0.1) is 0 Å². The molecule has 6 heteroatoms. The van der Waals surface area contributed by atoms with Crippen LogP contribution in [0.4, 0.5) is 0 Å². The Morgan fingerprint density at radius 1 is 0.846 bits per heavy atom. The molecule has 1 aliphatic carbocycles. The number of hydrogen-bond acceptors (Lipinski definition) is 2. The highest BCUT2D eigenvalue weighted by Gasteiger charge is 2.21. The van der Waals surface area contributed by atoms with E-state index in [9.17, 15) is 0 Å². The van der Waals surface area contributed by atoms with Crippen LogP contribution in [0.5, 0.6) is 0 Å². The number of rotatable bonds is 2. The second-order valence-corrected chi connectivity index (χ2v) is 3.18. The predicted molar refractivity (Wildman–Crippen MR) is 49.0 cm³/mol. The Morgan fingerprint density at radius 3 is 1.69 bits per heavy atom. The predicted octanol–water partition coefficient (Wildman–Crippen LogP) is 3.31. The molecule has 0 heterocycles. The molecule has 0 amide bonds. The van der Waals surface area contributed by atoms with E-state index in [0.717, 1.165) is 32.1 Å². The van der Waals surface area contributed by atoms with E-state index < -0.39 is 0 Å². The van der Waals surface area contributed by atoms with E-state index in [4.69, 9.17) is 11.1 Å². The zero-order chi connectivity index (χ0) is 9.52. The Balaban J connectivity index is 2.71. The van der Waals surface area contributed by atoms with Crippen LogP contribution in [0.25, 0.3) is 20.9 Å². The first kappa shape index (κ1) is 9.71. The van der Waals surface area contributed by atoms with Crippen LogP contribution in [0, 0.1) is 0 Å². The molecule has 0 aromatic heterocycles. The van der Waals surface area contributed by atoms with Crippen molar-refractivity contribution in [3.05, 3.63) is 20.9 Å². The van der Waals surface area contributed by atoms with Gasteiger partial charge in [-0.3, -0.25) is 0 Å². The minimum atomic E-state index is -0.136. The molecule has 0 saturated heterocycles. The third kappa shape index (κ3) is 2.86. The summed E-state index contributed by atoms with van der Waals surface area (Å²) in [5, 5.41) is 7.32. The van der Waals surface area contributed by atoms with Gasteiger partial charge in [0.1, 0.15) is 0 Å². The molecule has 0 spiro atoms. The van der Waals surface area contributed by atoms with E-state index in [1.54, 1.807) is 0 Å². The molecule has 13 heavy (non-hydrogen) atoms. The molecule has 1 rings (SSSR count). The Bertz CT molecular complexity index is 224. The van der Waals surface area contributed by atoms with Gasteiger partial charge in [-0.2, -0.15) is 0 Å². The monoisotopic (exact) mass is 180 g/mol. The van der Waals surface area contributed by atoms with Gasteiger partial charge in [-0.05, 0) is 23.9 Å². The van der Waals surface area contributed by atoms with Crippen LogP contribution >= 0.6 is 0 Å². The Kier molecular flexibility index (Phi) is 3.96. The van der Waals surface area contributed by atoms with Crippen molar-refractivity contribution in [3.8, 4) is 0 Å². The lowest BCUT2D eigenvalue weighted by molar-refractivity contribution is 0.497. The van der Waals surface area contributed by atoms with Gasteiger partial charge >= 0.3 is 0 Å². The van der Waals surface area contributed by atoms with Crippen LogP contribution < -0.4 is 0 Å². The normalized spacial score (nSPS) is 28.0. The summed E-state index contributed by atoms with van der Waals surface area (Å²) in [5.74, 6) is 0. The minimum absolute atomic E-state index is 0.136. The smallest absolute Gasteiger partial charge is 0.0458 e. The maximum atomic E-state index is 8.32. The fourth-order valence-corrected chi connectivity index (χ4v) is 1.67. The lowest BCUT2D eigenvalue weighted by Crippen LogP contribution is -2.19. The van der Waals surface area contributed by atoms with Gasteiger partial charge < -0.3 is 0 Å². The summed E-state index contributed by atoms with van der Waals surface area (Å²) in [7, 11) is 0. The summed E-state index contributed by atoms with van der Waals surface area (Å²) in [4.78, 5) is 5.55. The molecule has 0 aromatic carbocycles. The van der Waals surface area contributed by atoms with Gasteiger partial charge in [0, 0.05) is 21.9 Å². The molecule has 0 radical (unpaired) electrons. The number of hydrogen-bond donors (Lipinski definition) is 0. The standard InChI is InChI=1S/C7H12N6/c8-12-10-6-4-2-1-3-5-7(6)11-13-9/h6-7H,1-5H2. The topological polar surface area (TPSA) is 97.5 Å². The van der Waals surface area contributed by atoms with E-state index in [1.165, 1.54) is 0 Å². The molecular weight excluding hydrogens is 168 g/mol. The zero-order valence-corrected chi connectivity index (χ0v) is 7.37. The molecule has 0 N–H and O–H groups in total. The van der Waals surface area contributed by atoms with Crippen LogP contribution in [-0.4, -0.2) is 12.1 Å². The molecule has 1 saturated carbocycles. The SMILES string of the molecule is [N-]=[N+]=NC1CCCCCC1N=[N+]=[N-]. The second kappa shape index (κ2) is 5.30. The first-order chi connectivity index (χ1) is 6.38. The fraction of sp³-hybridized carbons (Fsp3) is 1.00. The lowest BCUT2D eigenvalue weighted by atomic mass is 10.1. The fourth-order valence-electron chi connectivity index (χ4n) is 1.67. The number of azide groups is 2. The van der Waals surface area contributed by atoms with Gasteiger partial charge in [0.25, 0.3) is 0 Å². The van der Waals surface area contributed by atoms with Crippen molar-refractivity contribution < 1.29 is 0 Å². The molecule has 0 aliphatic heterocycles. The maximum Gasteiger partial charge on any atom is 0.0458 e. The molecular formula is C7H12N6. The Labute approximate surface area is 76.2 Å². The van der Waals surface area contributed by atoms with Gasteiger partial charge in [0.15, 0.2) is 0 Å². The summed E-state index contributed by atoms with van der Waals surface area (Å²) in [6, 6.07) is -0.271. The first-order valence-corrected chi connectivity index (χ1v) is 4.47. The average molecular weight is 180 g/mol. The van der Waals surface area contributed by atoms with Crippen molar-refractivity contribution in [2.24, 2.45) is 10.2 Å². The molecule has 0 bridgehead atoms. The summed E-state index contributed by atoms with van der Waals surface area (Å²) < 4.78 is 0. The Morgan fingerprint density at radius 2 is 1.31 bits per heavy atom. The van der Waals surface area contributed by atoms with Crippen LogP contribution in [0.15, 0.2) is 10.2 Å². The Hall–Kier alpha value is -1.38. The van der Waals surface area contributed by atoms with E-state index in [0.29, 0.717) is 0 Å². The molecule has 2 atom stereocenters. The van der Waals surface area contributed by atoms with Crippen molar-refractivity contribution in [2.75, 3.05) is 0 Å². The summed E-state index contributed by atoms with van der Waals surface area (Å²) in [6.07, 6.45) is 4.93. The van der Waals surface area contributed by atoms with Crippen LogP contribution in [0.3, 0.4) is 0 Å². The summed E-state index contributed by atoms with van der Waals surface area (Å²) in [5.41, 5.74) is 16.6. The summed E-state index contributed by atoms with van der Waals surface area (Å²) >= 11 is 0. The lowest BCUT2D eigenvalue weighted by Gasteiger charge is -2.13. The summed E-state index contributed by atoms with van der Waals surface area (Å²) in [6.45, 7) is 0. The van der Waals surface area contributed by atoms with E-state index in [-0.39, 0.29) is 12.1 Å². The van der Waals surface area contributed by atoms with E-state index in [2.05, 4.69) is 20.1 Å². The van der Waals surface area contributed by atoms with Gasteiger partial charge in [-0.25, -0.2) is 0 Å². The highest BCUT2D eigenvalue weighted by Crippen LogP contribution is 2.23. The van der Waals surface area contributed by atoms with Crippen LogP contribution in [-0.2, 0) is 0 Å². The van der Waals surface area contributed by atoms with Gasteiger partial charge in [-0.1, -0.05) is 29.5 Å². The molecule has 1 aliphatic rings. The highest BCUT2D eigenvalue weighted by molar-refractivity contribution is 4.85. The van der Waals surface area contributed by atoms with Crippen molar-refractivity contribution >= 4 is 0 Å². The zero-order valence-electron chi connectivity index (χ0n) is 7.37. The second-order valence-electron chi connectivity index (χ2n) is 3.18.